The largest absolute Gasteiger partial charge is 0.305 e. The summed E-state index contributed by atoms with van der Waals surface area (Å²) in [5, 5.41) is 8.26. The number of hydrogen-bond donors (Lipinski definition) is 1. The van der Waals surface area contributed by atoms with E-state index < -0.39 is 0 Å². The second-order valence-electron chi connectivity index (χ2n) is 4.95. The van der Waals surface area contributed by atoms with Crippen molar-refractivity contribution in [3.8, 4) is 0 Å². The van der Waals surface area contributed by atoms with E-state index in [1.165, 1.54) is 37.9 Å². The molecule has 88 valence electrons. The fourth-order valence-corrected chi connectivity index (χ4v) is 2.57. The molecular formula is C12H20N4. The van der Waals surface area contributed by atoms with E-state index in [0.717, 1.165) is 24.8 Å². The topological polar surface area (TPSA) is 42.7 Å². The molecule has 0 aromatic carbocycles. The zero-order chi connectivity index (χ0) is 11.0. The predicted molar refractivity (Wildman–Crippen MR) is 62.1 cm³/mol. The Morgan fingerprint density at radius 2 is 2.19 bits per heavy atom. The first kappa shape index (κ1) is 10.3. The Hall–Kier alpha value is -0.900. The third-order valence-electron chi connectivity index (χ3n) is 3.78. The molecule has 0 bridgehead atoms. The number of aromatic nitrogens is 3. The summed E-state index contributed by atoms with van der Waals surface area (Å²) in [5.41, 5.74) is 0. The van der Waals surface area contributed by atoms with Crippen molar-refractivity contribution in [3.63, 3.8) is 0 Å². The van der Waals surface area contributed by atoms with Crippen molar-refractivity contribution in [2.45, 2.75) is 64.1 Å². The number of hydrogen-bond acceptors (Lipinski definition) is 3. The Morgan fingerprint density at radius 3 is 2.88 bits per heavy atom. The zero-order valence-electron chi connectivity index (χ0n) is 9.95. The van der Waals surface area contributed by atoms with Crippen LogP contribution in [-0.2, 0) is 13.0 Å². The molecule has 2 aliphatic rings. The number of rotatable bonds is 3. The quantitative estimate of drug-likeness (QED) is 0.845. The van der Waals surface area contributed by atoms with Crippen LogP contribution in [0.3, 0.4) is 0 Å². The number of nitrogens with one attached hydrogen (secondary N) is 1. The van der Waals surface area contributed by atoms with Crippen molar-refractivity contribution < 1.29 is 0 Å². The minimum atomic E-state index is 0.451. The summed E-state index contributed by atoms with van der Waals surface area (Å²) >= 11 is 0. The molecule has 3 rings (SSSR count). The summed E-state index contributed by atoms with van der Waals surface area (Å²) in [6, 6.07) is 1.19. The maximum absolute atomic E-state index is 4.65. The maximum atomic E-state index is 4.65. The second-order valence-corrected chi connectivity index (χ2v) is 4.95. The Bertz CT molecular complexity index is 367. The summed E-state index contributed by atoms with van der Waals surface area (Å²) in [6.45, 7) is 3.17. The van der Waals surface area contributed by atoms with Crippen molar-refractivity contribution in [1.29, 1.82) is 0 Å². The normalized spacial score (nSPS) is 25.2. The lowest BCUT2D eigenvalue weighted by atomic mass is 9.91. The molecule has 1 aromatic heterocycles. The molecular weight excluding hydrogens is 200 g/mol. The fraction of sp³-hybridized carbons (Fsp3) is 0.833. The Kier molecular flexibility index (Phi) is 2.67. The standard InChI is InChI=1S/C12H20N4/c1-2-11-14-12-10(13-9-5-3-6-9)7-4-8-16(12)15-11/h9-10,13H,2-8H2,1H3. The maximum Gasteiger partial charge on any atom is 0.150 e. The molecule has 1 aliphatic heterocycles. The lowest BCUT2D eigenvalue weighted by Gasteiger charge is -2.32. The van der Waals surface area contributed by atoms with Gasteiger partial charge in [0, 0.05) is 19.0 Å². The van der Waals surface area contributed by atoms with Crippen molar-refractivity contribution in [3.05, 3.63) is 11.6 Å². The van der Waals surface area contributed by atoms with Crippen molar-refractivity contribution in [2.24, 2.45) is 0 Å². The average Bonchev–Trinajstić information content (AvgIpc) is 2.66. The van der Waals surface area contributed by atoms with Gasteiger partial charge in [-0.1, -0.05) is 13.3 Å². The van der Waals surface area contributed by atoms with Gasteiger partial charge in [0.2, 0.25) is 0 Å². The van der Waals surface area contributed by atoms with Crippen LogP contribution in [0.25, 0.3) is 0 Å². The van der Waals surface area contributed by atoms with E-state index in [4.69, 9.17) is 0 Å². The molecule has 1 aliphatic carbocycles. The monoisotopic (exact) mass is 220 g/mol. The Balaban J connectivity index is 1.78. The molecule has 16 heavy (non-hydrogen) atoms. The molecule has 0 amide bonds. The highest BCUT2D eigenvalue weighted by Crippen LogP contribution is 2.27. The van der Waals surface area contributed by atoms with E-state index in [1.54, 1.807) is 0 Å². The predicted octanol–water partition coefficient (Wildman–Crippen LogP) is 1.82. The van der Waals surface area contributed by atoms with Gasteiger partial charge in [0.25, 0.3) is 0 Å². The van der Waals surface area contributed by atoms with Gasteiger partial charge in [-0.3, -0.25) is 0 Å². The molecule has 0 spiro atoms. The van der Waals surface area contributed by atoms with Crippen LogP contribution in [-0.4, -0.2) is 20.8 Å². The van der Waals surface area contributed by atoms with E-state index in [0.29, 0.717) is 6.04 Å². The Morgan fingerprint density at radius 1 is 1.31 bits per heavy atom. The SMILES string of the molecule is CCc1nc2n(n1)CCCC2NC1CCC1. The number of aryl methyl sites for hydroxylation is 2. The summed E-state index contributed by atoms with van der Waals surface area (Å²) in [5.74, 6) is 2.17. The highest BCUT2D eigenvalue weighted by atomic mass is 15.4. The van der Waals surface area contributed by atoms with Gasteiger partial charge in [0.1, 0.15) is 5.82 Å². The van der Waals surface area contributed by atoms with Gasteiger partial charge in [0.05, 0.1) is 6.04 Å². The Labute approximate surface area is 96.4 Å². The highest BCUT2D eigenvalue weighted by molar-refractivity contribution is 5.03. The summed E-state index contributed by atoms with van der Waals surface area (Å²) in [6.07, 6.45) is 7.45. The molecule has 1 unspecified atom stereocenters. The van der Waals surface area contributed by atoms with Gasteiger partial charge in [-0.25, -0.2) is 9.67 Å². The smallest absolute Gasteiger partial charge is 0.150 e. The molecule has 4 heteroatoms. The van der Waals surface area contributed by atoms with Gasteiger partial charge < -0.3 is 5.32 Å². The van der Waals surface area contributed by atoms with Gasteiger partial charge in [-0.05, 0) is 25.7 Å². The van der Waals surface area contributed by atoms with Crippen LogP contribution < -0.4 is 5.32 Å². The van der Waals surface area contributed by atoms with E-state index in [2.05, 4.69) is 27.0 Å². The minimum absolute atomic E-state index is 0.451. The van der Waals surface area contributed by atoms with Crippen LogP contribution in [0.5, 0.6) is 0 Å². The van der Waals surface area contributed by atoms with Crippen molar-refractivity contribution >= 4 is 0 Å². The van der Waals surface area contributed by atoms with Gasteiger partial charge >= 0.3 is 0 Å². The molecule has 1 saturated carbocycles. The van der Waals surface area contributed by atoms with E-state index in [-0.39, 0.29) is 0 Å². The molecule has 0 saturated heterocycles. The highest BCUT2D eigenvalue weighted by Gasteiger charge is 2.28. The van der Waals surface area contributed by atoms with Crippen LogP contribution >= 0.6 is 0 Å². The van der Waals surface area contributed by atoms with Crippen molar-refractivity contribution in [1.82, 2.24) is 20.1 Å². The molecule has 4 nitrogen and oxygen atoms in total. The van der Waals surface area contributed by atoms with Crippen LogP contribution in [0.2, 0.25) is 0 Å². The van der Waals surface area contributed by atoms with Crippen LogP contribution in [0.15, 0.2) is 0 Å². The van der Waals surface area contributed by atoms with Gasteiger partial charge in [0.15, 0.2) is 5.82 Å². The first-order chi connectivity index (χ1) is 7.86. The zero-order valence-corrected chi connectivity index (χ0v) is 9.95. The van der Waals surface area contributed by atoms with E-state index in [1.807, 2.05) is 0 Å². The van der Waals surface area contributed by atoms with Crippen LogP contribution in [0.1, 0.15) is 56.7 Å². The lowest BCUT2D eigenvalue weighted by Crippen LogP contribution is -2.40. The third kappa shape index (κ3) is 1.75. The van der Waals surface area contributed by atoms with Gasteiger partial charge in [-0.15, -0.1) is 0 Å². The molecule has 1 fully saturated rings. The summed E-state index contributed by atoms with van der Waals surface area (Å²) in [7, 11) is 0. The first-order valence-corrected chi connectivity index (χ1v) is 6.56. The number of nitrogens with zero attached hydrogens (tertiary/aromatic N) is 3. The van der Waals surface area contributed by atoms with Gasteiger partial charge in [-0.2, -0.15) is 5.10 Å². The minimum Gasteiger partial charge on any atom is -0.305 e. The third-order valence-corrected chi connectivity index (χ3v) is 3.78. The first-order valence-electron chi connectivity index (χ1n) is 6.56. The summed E-state index contributed by atoms with van der Waals surface area (Å²) in [4.78, 5) is 4.65. The fourth-order valence-electron chi connectivity index (χ4n) is 2.57. The summed E-state index contributed by atoms with van der Waals surface area (Å²) < 4.78 is 2.11. The van der Waals surface area contributed by atoms with Crippen LogP contribution in [0.4, 0.5) is 0 Å². The van der Waals surface area contributed by atoms with Crippen LogP contribution in [0, 0.1) is 0 Å². The molecule has 0 radical (unpaired) electrons. The second kappa shape index (κ2) is 4.17. The average molecular weight is 220 g/mol. The van der Waals surface area contributed by atoms with E-state index >= 15 is 0 Å². The lowest BCUT2D eigenvalue weighted by molar-refractivity contribution is 0.267. The molecule has 1 atom stereocenters. The molecule has 2 heterocycles. The number of fused-ring (bicyclic) bond motifs is 1. The van der Waals surface area contributed by atoms with Crippen molar-refractivity contribution in [2.75, 3.05) is 0 Å². The molecule has 1 N–H and O–H groups in total. The molecule has 1 aromatic rings. The van der Waals surface area contributed by atoms with E-state index in [9.17, 15) is 0 Å².